The average Bonchev–Trinajstić information content (AvgIpc) is 3.28. The molecule has 2 bridgehead atoms. The van der Waals surface area contributed by atoms with Crippen molar-refractivity contribution in [2.24, 2.45) is 34.5 Å². The Bertz CT molecular complexity index is 1130. The average molecular weight is 467 g/mol. The zero-order valence-corrected chi connectivity index (χ0v) is 20.4. The number of aryl methyl sites for hydroxylation is 1. The molecule has 8 atom stereocenters. The number of Topliss-reactive ketones (excluding diaryl/α,β-unsaturated/α-hetero) is 1. The Morgan fingerprint density at radius 3 is 2.53 bits per heavy atom. The number of hydrogen-bond acceptors (Lipinski definition) is 6. The number of ether oxygens (including phenoxy) is 1. The lowest BCUT2D eigenvalue weighted by Crippen LogP contribution is -2.65. The van der Waals surface area contributed by atoms with Gasteiger partial charge in [0.25, 0.3) is 0 Å². The van der Waals surface area contributed by atoms with Crippen LogP contribution in [0, 0.1) is 41.4 Å². The maximum Gasteiger partial charge on any atom is 0.339 e. The van der Waals surface area contributed by atoms with E-state index in [4.69, 9.17) is 4.74 Å². The Labute approximate surface area is 200 Å². The summed E-state index contributed by atoms with van der Waals surface area (Å²) in [4.78, 5) is 27.5. The highest BCUT2D eigenvalue weighted by atomic mass is 16.6. The van der Waals surface area contributed by atoms with Gasteiger partial charge in [-0.05, 0) is 66.2 Å². The molecule has 0 amide bonds. The van der Waals surface area contributed by atoms with Gasteiger partial charge in [0.15, 0.2) is 17.5 Å². The number of benzene rings is 1. The van der Waals surface area contributed by atoms with Crippen LogP contribution < -0.4 is 0 Å². The predicted molar refractivity (Wildman–Crippen MR) is 126 cm³/mol. The van der Waals surface area contributed by atoms with Crippen LogP contribution in [0.5, 0.6) is 0 Å². The van der Waals surface area contributed by atoms with Crippen molar-refractivity contribution >= 4 is 11.8 Å². The molecule has 0 heterocycles. The van der Waals surface area contributed by atoms with E-state index in [-0.39, 0.29) is 28.6 Å². The number of ketones is 1. The fourth-order valence-corrected chi connectivity index (χ4v) is 7.57. The van der Waals surface area contributed by atoms with Crippen molar-refractivity contribution in [3.05, 3.63) is 58.7 Å². The topological polar surface area (TPSA) is 104 Å². The summed E-state index contributed by atoms with van der Waals surface area (Å²) >= 11 is 0. The summed E-state index contributed by atoms with van der Waals surface area (Å²) < 4.78 is 5.91. The third kappa shape index (κ3) is 2.73. The SMILES string of the molecule is CC1=C[C@@]23C(=O)[C@@H](C=C(CO)[C@@H](O)[C@]2(O)[C@H]1OC(=O)c1ccccc1C)[C@H]1[C@@H](C[C@H]3C)C1(C)C. The molecule has 0 saturated heterocycles. The number of rotatable bonds is 3. The zero-order chi connectivity index (χ0) is 24.8. The van der Waals surface area contributed by atoms with Gasteiger partial charge in [-0.25, -0.2) is 4.79 Å². The van der Waals surface area contributed by atoms with E-state index in [1.165, 1.54) is 0 Å². The lowest BCUT2D eigenvalue weighted by atomic mass is 9.59. The van der Waals surface area contributed by atoms with Gasteiger partial charge in [-0.3, -0.25) is 4.79 Å². The van der Waals surface area contributed by atoms with E-state index in [1.807, 2.05) is 13.0 Å². The van der Waals surface area contributed by atoms with E-state index < -0.39 is 41.7 Å². The Kier molecular flexibility index (Phi) is 5.08. The van der Waals surface area contributed by atoms with Gasteiger partial charge in [-0.2, -0.15) is 0 Å². The van der Waals surface area contributed by atoms with E-state index >= 15 is 0 Å². The molecule has 4 aliphatic rings. The highest BCUT2D eigenvalue weighted by Crippen LogP contribution is 2.71. The fourth-order valence-electron chi connectivity index (χ4n) is 7.57. The Balaban J connectivity index is 1.65. The Hall–Kier alpha value is -2.28. The van der Waals surface area contributed by atoms with Gasteiger partial charge in [0.1, 0.15) is 6.10 Å². The monoisotopic (exact) mass is 466 g/mol. The maximum atomic E-state index is 14.3. The van der Waals surface area contributed by atoms with Crippen LogP contribution in [0.3, 0.4) is 0 Å². The molecule has 4 aliphatic carbocycles. The van der Waals surface area contributed by atoms with Gasteiger partial charge in [0.05, 0.1) is 17.6 Å². The summed E-state index contributed by atoms with van der Waals surface area (Å²) in [5.74, 6) is -1.21. The van der Waals surface area contributed by atoms with E-state index in [0.29, 0.717) is 17.1 Å². The molecule has 1 aromatic carbocycles. The van der Waals surface area contributed by atoms with Crippen LogP contribution in [0.15, 0.2) is 47.6 Å². The summed E-state index contributed by atoms with van der Waals surface area (Å²) in [6, 6.07) is 7.01. The smallest absolute Gasteiger partial charge is 0.339 e. The van der Waals surface area contributed by atoms with Gasteiger partial charge in [0.2, 0.25) is 0 Å². The number of allylic oxidation sites excluding steroid dienone is 1. The highest BCUT2D eigenvalue weighted by Gasteiger charge is 2.76. The molecule has 6 nitrogen and oxygen atoms in total. The second kappa shape index (κ2) is 7.36. The first-order valence-electron chi connectivity index (χ1n) is 12.1. The number of aliphatic hydroxyl groups is 3. The number of carbonyl (C=O) groups is 2. The molecule has 6 heteroatoms. The Morgan fingerprint density at radius 1 is 1.21 bits per heavy atom. The number of fused-ring (bicyclic) bond motifs is 3. The second-order valence-corrected chi connectivity index (χ2v) is 11.5. The first-order valence-corrected chi connectivity index (χ1v) is 12.1. The first kappa shape index (κ1) is 23.5. The van der Waals surface area contributed by atoms with E-state index in [2.05, 4.69) is 13.8 Å². The number of aliphatic hydroxyl groups excluding tert-OH is 2. The van der Waals surface area contributed by atoms with Crippen LogP contribution in [0.4, 0.5) is 0 Å². The van der Waals surface area contributed by atoms with Gasteiger partial charge in [-0.1, -0.05) is 51.1 Å². The van der Waals surface area contributed by atoms with Crippen molar-refractivity contribution in [3.8, 4) is 0 Å². The summed E-state index contributed by atoms with van der Waals surface area (Å²) in [5.41, 5.74) is -1.73. The molecule has 0 aromatic heterocycles. The molecule has 34 heavy (non-hydrogen) atoms. The van der Waals surface area contributed by atoms with Crippen molar-refractivity contribution < 1.29 is 29.6 Å². The van der Waals surface area contributed by atoms with Crippen molar-refractivity contribution in [2.75, 3.05) is 6.61 Å². The van der Waals surface area contributed by atoms with Crippen LogP contribution in [0.25, 0.3) is 0 Å². The number of esters is 1. The third-order valence-corrected chi connectivity index (χ3v) is 9.49. The minimum Gasteiger partial charge on any atom is -0.451 e. The quantitative estimate of drug-likeness (QED) is 0.467. The standard InChI is InChI=1S/C28H34O6/c1-14-8-6-7-9-18(14)25(32)34-24-15(2)12-27-16(3)10-20-21(26(20,4)5)19(23(27)31)11-17(13-29)22(30)28(24,27)33/h6-9,11-12,16,19-22,24,29-30,33H,10,13H2,1-5H3/t16-,19+,20-,21+,22-,24+,27-,28+/m1/s1. The van der Waals surface area contributed by atoms with Gasteiger partial charge >= 0.3 is 5.97 Å². The fraction of sp³-hybridized carbons (Fsp3) is 0.571. The van der Waals surface area contributed by atoms with Gasteiger partial charge in [0, 0.05) is 5.92 Å². The van der Waals surface area contributed by atoms with E-state index in [0.717, 1.165) is 12.0 Å². The molecule has 0 radical (unpaired) electrons. The van der Waals surface area contributed by atoms with E-state index in [1.54, 1.807) is 44.2 Å². The minimum absolute atomic E-state index is 0.0330. The van der Waals surface area contributed by atoms with Crippen molar-refractivity contribution in [1.82, 2.24) is 0 Å². The van der Waals surface area contributed by atoms with Crippen molar-refractivity contribution in [1.29, 1.82) is 0 Å². The third-order valence-electron chi connectivity index (χ3n) is 9.49. The largest absolute Gasteiger partial charge is 0.451 e. The summed E-state index contributed by atoms with van der Waals surface area (Å²) in [6.07, 6.45) is 1.36. The first-order chi connectivity index (χ1) is 15.9. The molecule has 0 unspecified atom stereocenters. The zero-order valence-electron chi connectivity index (χ0n) is 20.4. The summed E-state index contributed by atoms with van der Waals surface area (Å²) in [6.45, 7) is 9.30. The molecule has 5 rings (SSSR count). The van der Waals surface area contributed by atoms with Crippen LogP contribution in [-0.2, 0) is 9.53 Å². The van der Waals surface area contributed by atoms with Crippen LogP contribution >= 0.6 is 0 Å². The molecular formula is C28H34O6. The van der Waals surface area contributed by atoms with Gasteiger partial charge < -0.3 is 20.1 Å². The summed E-state index contributed by atoms with van der Waals surface area (Å²) in [5, 5.41) is 34.1. The molecule has 0 aliphatic heterocycles. The number of carbonyl (C=O) groups excluding carboxylic acids is 2. The minimum atomic E-state index is -2.11. The highest BCUT2D eigenvalue weighted by molar-refractivity contribution is 5.96. The molecular weight excluding hydrogens is 432 g/mol. The van der Waals surface area contributed by atoms with Crippen molar-refractivity contribution in [2.45, 2.75) is 58.8 Å². The predicted octanol–water partition coefficient (Wildman–Crippen LogP) is 2.99. The van der Waals surface area contributed by atoms with Crippen molar-refractivity contribution in [3.63, 3.8) is 0 Å². The van der Waals surface area contributed by atoms with Crippen LogP contribution in [-0.4, -0.2) is 51.5 Å². The van der Waals surface area contributed by atoms with Crippen LogP contribution in [0.2, 0.25) is 0 Å². The molecule has 1 aromatic rings. The van der Waals surface area contributed by atoms with Crippen LogP contribution in [0.1, 0.15) is 50.0 Å². The molecule has 182 valence electrons. The normalized spacial score (nSPS) is 41.9. The molecule has 3 N–H and O–H groups in total. The maximum absolute atomic E-state index is 14.3. The lowest BCUT2D eigenvalue weighted by Gasteiger charge is -2.48. The Morgan fingerprint density at radius 2 is 1.88 bits per heavy atom. The molecule has 1 spiro atoms. The van der Waals surface area contributed by atoms with Gasteiger partial charge in [-0.15, -0.1) is 0 Å². The molecule has 2 fully saturated rings. The van der Waals surface area contributed by atoms with E-state index in [9.17, 15) is 24.9 Å². The molecule has 2 saturated carbocycles. The summed E-state index contributed by atoms with van der Waals surface area (Å²) in [7, 11) is 0. The second-order valence-electron chi connectivity index (χ2n) is 11.5. The lowest BCUT2D eigenvalue weighted by molar-refractivity contribution is -0.190. The number of hydrogen-bond donors (Lipinski definition) is 3.